The number of anilines is 1. The van der Waals surface area contributed by atoms with E-state index in [1.54, 1.807) is 7.05 Å². The number of nitrogens with one attached hydrogen (secondary N) is 2. The molecular formula is C15H18FN3O2. The summed E-state index contributed by atoms with van der Waals surface area (Å²) in [5.41, 5.74) is 0.836. The second kappa shape index (κ2) is 5.95. The van der Waals surface area contributed by atoms with Gasteiger partial charge in [-0.25, -0.2) is 9.37 Å². The van der Waals surface area contributed by atoms with Gasteiger partial charge >= 0.3 is 0 Å². The first-order chi connectivity index (χ1) is 9.93. The van der Waals surface area contributed by atoms with Gasteiger partial charge < -0.3 is 15.1 Å². The number of hydrogen-bond donors (Lipinski definition) is 2. The van der Waals surface area contributed by atoms with Gasteiger partial charge in [-0.05, 0) is 32.9 Å². The highest BCUT2D eigenvalue weighted by Gasteiger charge is 2.19. The number of hydrogen-bond acceptors (Lipinski definition) is 4. The molecule has 2 N–H and O–H groups in total. The number of halogens is 1. The minimum absolute atomic E-state index is 0.0425. The van der Waals surface area contributed by atoms with E-state index in [-0.39, 0.29) is 17.4 Å². The summed E-state index contributed by atoms with van der Waals surface area (Å²) >= 11 is 0. The Balaban J connectivity index is 2.20. The Hall–Kier alpha value is -2.37. The molecule has 5 nitrogen and oxygen atoms in total. The van der Waals surface area contributed by atoms with E-state index in [9.17, 15) is 9.18 Å². The summed E-state index contributed by atoms with van der Waals surface area (Å²) in [4.78, 5) is 16.0. The third kappa shape index (κ3) is 3.04. The van der Waals surface area contributed by atoms with Crippen molar-refractivity contribution in [3.05, 3.63) is 46.8 Å². The number of aryl methyl sites for hydroxylation is 2. The number of nitrogens with zero attached hydrogens (tertiary/aromatic N) is 1. The van der Waals surface area contributed by atoms with Crippen LogP contribution in [0.25, 0.3) is 0 Å². The number of furan rings is 1. The Labute approximate surface area is 122 Å². The molecule has 0 saturated carbocycles. The molecule has 2 aromatic rings. The van der Waals surface area contributed by atoms with Crippen molar-refractivity contribution < 1.29 is 13.6 Å². The Morgan fingerprint density at radius 3 is 2.71 bits per heavy atom. The van der Waals surface area contributed by atoms with Gasteiger partial charge in [0.2, 0.25) is 0 Å². The van der Waals surface area contributed by atoms with Crippen LogP contribution in [-0.2, 0) is 0 Å². The summed E-state index contributed by atoms with van der Waals surface area (Å²) in [6, 6.07) is 2.94. The molecule has 21 heavy (non-hydrogen) atoms. The molecule has 0 bridgehead atoms. The number of carbonyl (C=O) groups is 1. The van der Waals surface area contributed by atoms with Crippen molar-refractivity contribution in [3.8, 4) is 0 Å². The molecule has 1 unspecified atom stereocenters. The second-order valence-corrected chi connectivity index (χ2v) is 4.83. The van der Waals surface area contributed by atoms with E-state index < -0.39 is 11.7 Å². The molecule has 2 heterocycles. The fraction of sp³-hybridized carbons (Fsp3) is 0.333. The lowest BCUT2D eigenvalue weighted by atomic mass is 10.1. The van der Waals surface area contributed by atoms with Gasteiger partial charge in [0.15, 0.2) is 11.6 Å². The van der Waals surface area contributed by atoms with E-state index in [1.165, 1.54) is 12.3 Å². The molecule has 0 fully saturated rings. The van der Waals surface area contributed by atoms with Gasteiger partial charge in [0.25, 0.3) is 5.91 Å². The Bertz CT molecular complexity index is 667. The molecule has 2 rings (SSSR count). The Kier molecular flexibility index (Phi) is 4.26. The summed E-state index contributed by atoms with van der Waals surface area (Å²) in [6.45, 7) is 5.50. The van der Waals surface area contributed by atoms with Crippen LogP contribution >= 0.6 is 0 Å². The molecule has 0 aliphatic rings. The molecule has 0 aliphatic carbocycles. The van der Waals surface area contributed by atoms with Crippen LogP contribution in [0.1, 0.15) is 40.4 Å². The van der Waals surface area contributed by atoms with Crippen molar-refractivity contribution >= 4 is 11.7 Å². The molecular weight excluding hydrogens is 273 g/mol. The molecule has 6 heteroatoms. The zero-order chi connectivity index (χ0) is 15.6. The zero-order valence-electron chi connectivity index (χ0n) is 12.5. The van der Waals surface area contributed by atoms with Gasteiger partial charge in [-0.2, -0.15) is 0 Å². The van der Waals surface area contributed by atoms with E-state index in [0.717, 1.165) is 17.1 Å². The average Bonchev–Trinajstić information content (AvgIpc) is 2.78. The Morgan fingerprint density at radius 1 is 1.43 bits per heavy atom. The van der Waals surface area contributed by atoms with Crippen LogP contribution in [0.3, 0.4) is 0 Å². The number of amides is 1. The summed E-state index contributed by atoms with van der Waals surface area (Å²) < 4.78 is 19.5. The lowest BCUT2D eigenvalue weighted by Crippen LogP contribution is -2.28. The Morgan fingerprint density at radius 2 is 2.14 bits per heavy atom. The molecule has 0 aromatic carbocycles. The standard InChI is InChI=1S/C15H18FN3O2/c1-8-7-12(10(3)21-8)9(2)19-15(20)11-5-6-18-14(17-4)13(11)16/h5-7,9H,1-4H3,(H,17,18)(H,19,20). The van der Waals surface area contributed by atoms with Crippen LogP contribution < -0.4 is 10.6 Å². The lowest BCUT2D eigenvalue weighted by molar-refractivity contribution is 0.0935. The topological polar surface area (TPSA) is 67.2 Å². The van der Waals surface area contributed by atoms with Crippen LogP contribution in [-0.4, -0.2) is 17.9 Å². The quantitative estimate of drug-likeness (QED) is 0.909. The second-order valence-electron chi connectivity index (χ2n) is 4.83. The van der Waals surface area contributed by atoms with E-state index in [0.29, 0.717) is 0 Å². The smallest absolute Gasteiger partial charge is 0.254 e. The molecule has 1 atom stereocenters. The summed E-state index contributed by atoms with van der Waals surface area (Å²) in [7, 11) is 1.55. The molecule has 0 spiro atoms. The molecule has 0 radical (unpaired) electrons. The monoisotopic (exact) mass is 291 g/mol. The van der Waals surface area contributed by atoms with Crippen LogP contribution in [0.4, 0.5) is 10.2 Å². The van der Waals surface area contributed by atoms with Gasteiger partial charge in [0, 0.05) is 18.8 Å². The van der Waals surface area contributed by atoms with Crippen molar-refractivity contribution in [1.29, 1.82) is 0 Å². The van der Waals surface area contributed by atoms with E-state index >= 15 is 0 Å². The summed E-state index contributed by atoms with van der Waals surface area (Å²) in [6.07, 6.45) is 1.39. The van der Waals surface area contributed by atoms with Crippen LogP contribution in [0.2, 0.25) is 0 Å². The largest absolute Gasteiger partial charge is 0.466 e. The van der Waals surface area contributed by atoms with Crippen molar-refractivity contribution in [2.75, 3.05) is 12.4 Å². The lowest BCUT2D eigenvalue weighted by Gasteiger charge is -2.14. The minimum Gasteiger partial charge on any atom is -0.466 e. The van der Waals surface area contributed by atoms with Gasteiger partial charge in [-0.15, -0.1) is 0 Å². The number of aromatic nitrogens is 1. The van der Waals surface area contributed by atoms with Crippen LogP contribution in [0.5, 0.6) is 0 Å². The molecule has 112 valence electrons. The average molecular weight is 291 g/mol. The van der Waals surface area contributed by atoms with Crippen molar-refractivity contribution in [3.63, 3.8) is 0 Å². The third-order valence-corrected chi connectivity index (χ3v) is 3.26. The van der Waals surface area contributed by atoms with E-state index in [4.69, 9.17) is 4.42 Å². The fourth-order valence-electron chi connectivity index (χ4n) is 2.23. The van der Waals surface area contributed by atoms with Crippen LogP contribution in [0.15, 0.2) is 22.7 Å². The molecule has 0 aliphatic heterocycles. The fourth-order valence-corrected chi connectivity index (χ4v) is 2.23. The van der Waals surface area contributed by atoms with Crippen LogP contribution in [0, 0.1) is 19.7 Å². The number of pyridine rings is 1. The highest BCUT2D eigenvalue weighted by atomic mass is 19.1. The maximum atomic E-state index is 14.1. The van der Waals surface area contributed by atoms with E-state index in [2.05, 4.69) is 15.6 Å². The van der Waals surface area contributed by atoms with Gasteiger partial charge in [0.05, 0.1) is 11.6 Å². The molecule has 0 saturated heterocycles. The van der Waals surface area contributed by atoms with Gasteiger partial charge in [-0.1, -0.05) is 0 Å². The van der Waals surface area contributed by atoms with Gasteiger partial charge in [-0.3, -0.25) is 4.79 Å². The predicted octanol–water partition coefficient (Wildman–Crippen LogP) is 2.96. The maximum Gasteiger partial charge on any atom is 0.254 e. The zero-order valence-corrected chi connectivity index (χ0v) is 12.5. The predicted molar refractivity (Wildman–Crippen MR) is 77.8 cm³/mol. The molecule has 2 aromatic heterocycles. The number of rotatable bonds is 4. The number of carbonyl (C=O) groups excluding carboxylic acids is 1. The summed E-state index contributed by atoms with van der Waals surface area (Å²) in [5, 5.41) is 5.37. The SMILES string of the molecule is CNc1nccc(C(=O)NC(C)c2cc(C)oc2C)c1F. The first kappa shape index (κ1) is 15.0. The third-order valence-electron chi connectivity index (χ3n) is 3.26. The maximum absolute atomic E-state index is 14.1. The summed E-state index contributed by atoms with van der Waals surface area (Å²) in [5.74, 6) is 0.412. The normalized spacial score (nSPS) is 12.0. The van der Waals surface area contributed by atoms with Gasteiger partial charge in [0.1, 0.15) is 11.5 Å². The highest BCUT2D eigenvalue weighted by Crippen LogP contribution is 2.22. The minimum atomic E-state index is -0.662. The first-order valence-electron chi connectivity index (χ1n) is 6.64. The molecule has 1 amide bonds. The van der Waals surface area contributed by atoms with Crippen molar-refractivity contribution in [2.24, 2.45) is 0 Å². The van der Waals surface area contributed by atoms with Crippen molar-refractivity contribution in [2.45, 2.75) is 26.8 Å². The van der Waals surface area contributed by atoms with Crippen molar-refractivity contribution in [1.82, 2.24) is 10.3 Å². The first-order valence-corrected chi connectivity index (χ1v) is 6.64. The van der Waals surface area contributed by atoms with E-state index in [1.807, 2.05) is 26.8 Å². The highest BCUT2D eigenvalue weighted by molar-refractivity contribution is 5.95.